The summed E-state index contributed by atoms with van der Waals surface area (Å²) in [6.45, 7) is 22.8. The van der Waals surface area contributed by atoms with Crippen LogP contribution in [0.25, 0.3) is 51.1 Å². The highest BCUT2D eigenvalue weighted by Crippen LogP contribution is 2.34. The van der Waals surface area contributed by atoms with Crippen molar-refractivity contribution < 1.29 is 23.7 Å². The second kappa shape index (κ2) is 41.4. The van der Waals surface area contributed by atoms with E-state index in [1.54, 1.807) is 34.5 Å². The van der Waals surface area contributed by atoms with E-state index in [9.17, 15) is 4.79 Å². The summed E-state index contributed by atoms with van der Waals surface area (Å²) in [6, 6.07) is 62.7. The molecule has 12 aromatic rings. The molecular formula is C85H90Cl4N16O5S4. The van der Waals surface area contributed by atoms with Crippen LogP contribution in [-0.4, -0.2) is 222 Å². The Morgan fingerprint density at radius 3 is 1.16 bits per heavy atom. The van der Waals surface area contributed by atoms with Gasteiger partial charge in [-0.2, -0.15) is 37.4 Å². The third-order valence-electron chi connectivity index (χ3n) is 20.1. The van der Waals surface area contributed by atoms with Gasteiger partial charge >= 0.3 is 0 Å². The van der Waals surface area contributed by atoms with E-state index in [4.69, 9.17) is 80.3 Å². The molecule has 0 atom stereocenters. The lowest BCUT2D eigenvalue weighted by molar-refractivity contribution is 0.0926. The van der Waals surface area contributed by atoms with E-state index in [-0.39, 0.29) is 5.78 Å². The van der Waals surface area contributed by atoms with E-state index in [2.05, 4.69) is 111 Å². The molecule has 0 radical (unpaired) electrons. The van der Waals surface area contributed by atoms with E-state index >= 15 is 0 Å². The standard InChI is InChI=1S/C22H23ClN4OS.C21H21ClN4O2S.2C21H23ClN4OS/c1-16(17-5-9-20(28-2)10-6-17)15-26-11-13-27(14-12-26)22-24-21(25-29-22)18-3-7-19(23)8-4-18;1-28-18-4-2-3-16(13-18)19(27)14-25-9-11-26(12-10-25)21-23-20(24-29-21)15-5-7-17(22)8-6-15;1-27-17-6-4-5-16(15-17)9-10-25-11-13-26(14-12-25)21-23-20(24-28-21)18-7-2-3-8-19(18)22;1-27-17-8-6-16(7-9-17)10-11-25-12-14-26(15-13-25)21-23-20(24-28-21)18-4-2-3-5-19(18)22/h3-10H,1,11-15H2,2H3;2-8,13H,9-12,14H2,1H3;2-8,15H,9-14H2,1H3;2-9H,10-15H2,1H3. The Morgan fingerprint density at radius 2 is 0.728 bits per heavy atom. The van der Waals surface area contributed by atoms with Crippen LogP contribution in [-0.2, 0) is 12.8 Å². The quantitative estimate of drug-likeness (QED) is 0.0520. The van der Waals surface area contributed by atoms with E-state index in [1.807, 2.05) is 146 Å². The molecule has 0 saturated carbocycles. The molecular weight excluding hydrogens is 1600 g/mol. The molecule has 0 bridgehead atoms. The predicted molar refractivity (Wildman–Crippen MR) is 469 cm³/mol. The Hall–Kier alpha value is -9.19. The Kier molecular flexibility index (Phi) is 30.1. The molecule has 0 spiro atoms. The maximum absolute atomic E-state index is 12.6. The van der Waals surface area contributed by atoms with Gasteiger partial charge < -0.3 is 38.5 Å². The highest BCUT2D eigenvalue weighted by molar-refractivity contribution is 7.10. The van der Waals surface area contributed by atoms with Crippen LogP contribution < -0.4 is 38.5 Å². The van der Waals surface area contributed by atoms with E-state index in [1.165, 1.54) is 57.3 Å². The third kappa shape index (κ3) is 23.1. The number of ether oxygens (including phenoxy) is 4. The number of hydrogen-bond acceptors (Lipinski definition) is 25. The van der Waals surface area contributed by atoms with Gasteiger partial charge in [0.2, 0.25) is 20.5 Å². The highest BCUT2D eigenvalue weighted by Gasteiger charge is 2.27. The molecule has 29 heteroatoms. The largest absolute Gasteiger partial charge is 0.497 e. The lowest BCUT2D eigenvalue weighted by Crippen LogP contribution is -2.48. The van der Waals surface area contributed by atoms with Crippen LogP contribution in [0, 0.1) is 0 Å². The van der Waals surface area contributed by atoms with Crippen LogP contribution in [0.5, 0.6) is 23.0 Å². The SMILES string of the molecule is C=C(CN1CCN(c2nc(-c3ccc(Cl)cc3)ns2)CC1)c1ccc(OC)cc1.COc1ccc(CCN2CCN(c3nc(-c4ccccc4Cl)ns3)CC2)cc1.COc1cccc(C(=O)CN2CCN(c3nc(-c4ccc(Cl)cc4)ns3)CC2)c1.COc1cccc(CCN2CCN(c3nc(-c4ccccc4Cl)ns3)CC2)c1. The Bertz CT molecular complexity index is 5030. The van der Waals surface area contributed by atoms with Crippen molar-refractivity contribution in [3.63, 3.8) is 0 Å². The van der Waals surface area contributed by atoms with E-state index in [0.29, 0.717) is 44.6 Å². The van der Waals surface area contributed by atoms with Gasteiger partial charge in [0.1, 0.15) is 23.0 Å². The minimum Gasteiger partial charge on any atom is -0.497 e. The van der Waals surface area contributed by atoms with Crippen molar-refractivity contribution in [3.05, 3.63) is 243 Å². The average molecular weight is 1690 g/mol. The summed E-state index contributed by atoms with van der Waals surface area (Å²) in [4.78, 5) is 50.2. The number of nitrogens with zero attached hydrogens (tertiary/aromatic N) is 16. The van der Waals surface area contributed by atoms with Gasteiger partial charge in [-0.05, 0) is 156 Å². The number of ketones is 1. The predicted octanol–water partition coefficient (Wildman–Crippen LogP) is 17.0. The molecule has 0 unspecified atom stereocenters. The van der Waals surface area contributed by atoms with Crippen LogP contribution in [0.2, 0.25) is 20.1 Å². The third-order valence-corrected chi connectivity index (χ3v) is 24.3. The topological polar surface area (TPSA) is 183 Å². The number of Topliss-reactive ketones (excluding diaryl/α,β-unsaturated/α-hetero) is 1. The molecule has 114 heavy (non-hydrogen) atoms. The fraction of sp³-hybridized carbons (Fsp3) is 0.306. The van der Waals surface area contributed by atoms with Gasteiger partial charge in [0.05, 0.1) is 45.0 Å². The van der Waals surface area contributed by atoms with Crippen molar-refractivity contribution in [2.45, 2.75) is 12.8 Å². The van der Waals surface area contributed by atoms with E-state index < -0.39 is 0 Å². The summed E-state index contributed by atoms with van der Waals surface area (Å²) >= 11 is 30.2. The number of rotatable bonds is 24. The normalized spacial score (nSPS) is 14.9. The monoisotopic (exact) mass is 1680 g/mol. The van der Waals surface area contributed by atoms with Crippen molar-refractivity contribution in [1.82, 2.24) is 57.0 Å². The first kappa shape index (κ1) is 82.8. The van der Waals surface area contributed by atoms with Crippen LogP contribution >= 0.6 is 92.5 Å². The van der Waals surface area contributed by atoms with Gasteiger partial charge in [-0.3, -0.25) is 24.4 Å². The highest BCUT2D eigenvalue weighted by atomic mass is 35.5. The number of benzene rings is 8. The van der Waals surface area contributed by atoms with E-state index in [0.717, 1.165) is 225 Å². The van der Waals surface area contributed by atoms with Crippen molar-refractivity contribution in [1.29, 1.82) is 0 Å². The lowest BCUT2D eigenvalue weighted by atomic mass is 10.1. The first-order valence-corrected chi connectivity index (χ1v) is 42.3. The number of halogens is 4. The molecule has 0 aliphatic carbocycles. The zero-order valence-electron chi connectivity index (χ0n) is 64.1. The van der Waals surface area contributed by atoms with Crippen LogP contribution in [0.3, 0.4) is 0 Å². The van der Waals surface area contributed by atoms with Crippen molar-refractivity contribution >= 4 is 124 Å². The zero-order valence-corrected chi connectivity index (χ0v) is 70.4. The van der Waals surface area contributed by atoms with Crippen LogP contribution in [0.4, 0.5) is 20.5 Å². The minimum atomic E-state index is 0.110. The Balaban J connectivity index is 0.000000133. The van der Waals surface area contributed by atoms with Crippen LogP contribution in [0.1, 0.15) is 27.0 Å². The fourth-order valence-electron chi connectivity index (χ4n) is 13.3. The molecule has 4 aliphatic heterocycles. The number of piperazine rings is 4. The van der Waals surface area contributed by atoms with Gasteiger partial charge in [-0.15, -0.1) is 0 Å². The maximum atomic E-state index is 12.6. The number of carbonyl (C=O) groups is 1. The Labute approximate surface area is 703 Å². The van der Waals surface area contributed by atoms with Gasteiger partial charge in [0.15, 0.2) is 29.1 Å². The Morgan fingerprint density at radius 1 is 0.360 bits per heavy atom. The smallest absolute Gasteiger partial charge is 0.205 e. The van der Waals surface area contributed by atoms with Gasteiger partial charge in [0, 0.05) is 208 Å². The molecule has 0 N–H and O–H groups in total. The molecule has 21 nitrogen and oxygen atoms in total. The molecule has 0 amide bonds. The lowest BCUT2D eigenvalue weighted by Gasteiger charge is -2.34. The first-order chi connectivity index (χ1) is 55.7. The molecule has 16 rings (SSSR count). The van der Waals surface area contributed by atoms with Gasteiger partial charge in [0.25, 0.3) is 0 Å². The zero-order chi connectivity index (χ0) is 79.1. The fourth-order valence-corrected chi connectivity index (χ4v) is 16.9. The average Bonchev–Trinajstić information content (AvgIpc) is 1.74. The summed E-state index contributed by atoms with van der Waals surface area (Å²) in [5.41, 5.74) is 9.36. The number of carbonyl (C=O) groups excluding carboxylic acids is 1. The summed E-state index contributed by atoms with van der Waals surface area (Å²) in [5.74, 6) is 6.42. The second-order valence-corrected chi connectivity index (χ2v) is 32.1. The first-order valence-electron chi connectivity index (χ1n) is 37.7. The molecule has 4 saturated heterocycles. The van der Waals surface area contributed by atoms with Gasteiger partial charge in [-0.1, -0.05) is 126 Å². The number of methoxy groups -OCH3 is 4. The number of anilines is 4. The summed E-state index contributed by atoms with van der Waals surface area (Å²) in [7, 11) is 6.70. The van der Waals surface area contributed by atoms with Crippen LogP contribution in [0.15, 0.2) is 201 Å². The molecule has 8 heterocycles. The molecule has 4 aromatic heterocycles. The number of aromatic nitrogens is 8. The molecule has 592 valence electrons. The van der Waals surface area contributed by atoms with Crippen molar-refractivity contribution in [3.8, 4) is 68.5 Å². The molecule has 4 aliphatic rings. The molecule has 8 aromatic carbocycles. The summed E-state index contributed by atoms with van der Waals surface area (Å²) < 4.78 is 39.0. The van der Waals surface area contributed by atoms with Gasteiger partial charge in [-0.25, -0.2) is 0 Å². The van der Waals surface area contributed by atoms with Crippen molar-refractivity contribution in [2.75, 3.05) is 179 Å². The summed E-state index contributed by atoms with van der Waals surface area (Å²) in [5, 5.41) is 6.63. The second-order valence-electron chi connectivity index (χ2n) is 27.4. The minimum absolute atomic E-state index is 0.110. The molecule has 4 fully saturated rings. The number of hydrogen-bond donors (Lipinski definition) is 0. The maximum Gasteiger partial charge on any atom is 0.205 e. The summed E-state index contributed by atoms with van der Waals surface area (Å²) in [6.07, 6.45) is 2.09. The van der Waals surface area contributed by atoms with Crippen molar-refractivity contribution in [2.24, 2.45) is 0 Å².